The Morgan fingerprint density at radius 3 is 2.54 bits per heavy atom. The van der Waals surface area contributed by atoms with Crippen LogP contribution in [0.2, 0.25) is 5.02 Å². The van der Waals surface area contributed by atoms with Crippen molar-refractivity contribution in [1.29, 1.82) is 0 Å². The van der Waals surface area contributed by atoms with E-state index < -0.39 is 0 Å². The highest BCUT2D eigenvalue weighted by atomic mass is 35.5. The molecule has 0 saturated carbocycles. The summed E-state index contributed by atoms with van der Waals surface area (Å²) in [5.41, 5.74) is 3.72. The average molecular weight is 384 g/mol. The highest BCUT2D eigenvalue weighted by Crippen LogP contribution is 2.23. The van der Waals surface area contributed by atoms with Crippen molar-refractivity contribution in [3.05, 3.63) is 76.9 Å². The minimum absolute atomic E-state index is 0.0444. The van der Waals surface area contributed by atoms with Gasteiger partial charge >= 0.3 is 0 Å². The Morgan fingerprint density at radius 1 is 1.08 bits per heavy atom. The second-order valence-electron chi connectivity index (χ2n) is 5.74. The van der Waals surface area contributed by atoms with Crippen LogP contribution in [0.3, 0.4) is 0 Å². The zero-order valence-electron chi connectivity index (χ0n) is 14.3. The zero-order valence-corrected chi connectivity index (χ0v) is 15.8. The molecule has 0 saturated heterocycles. The first-order chi connectivity index (χ1) is 12.6. The Labute approximate surface area is 162 Å². The molecule has 0 aliphatic rings. The molecule has 1 N–H and O–H groups in total. The molecule has 1 aromatic heterocycles. The van der Waals surface area contributed by atoms with Gasteiger partial charge in [0.1, 0.15) is 0 Å². The van der Waals surface area contributed by atoms with Gasteiger partial charge in [-0.3, -0.25) is 4.79 Å². The molecule has 26 heavy (non-hydrogen) atoms. The van der Waals surface area contributed by atoms with Crippen molar-refractivity contribution in [3.8, 4) is 11.3 Å². The van der Waals surface area contributed by atoms with E-state index in [4.69, 9.17) is 11.6 Å². The molecule has 0 aliphatic carbocycles. The first kappa shape index (κ1) is 18.4. The second-order valence-corrected chi connectivity index (χ2v) is 7.11. The van der Waals surface area contributed by atoms with Crippen LogP contribution in [0.25, 0.3) is 11.3 Å². The summed E-state index contributed by atoms with van der Waals surface area (Å²) in [6.07, 6.45) is 0. The van der Waals surface area contributed by atoms with Gasteiger partial charge in [0.2, 0.25) is 5.91 Å². The smallest absolute Gasteiger partial charge is 0.230 e. The summed E-state index contributed by atoms with van der Waals surface area (Å²) >= 11 is 7.27. The minimum Gasteiger partial charge on any atom is -0.351 e. The SMILES string of the molecule is Cc1cc(-c2ccc(Cl)cc2)nc(SCC(=O)NCc2ccccc2)n1. The van der Waals surface area contributed by atoms with Crippen molar-refractivity contribution in [3.63, 3.8) is 0 Å². The third-order valence-electron chi connectivity index (χ3n) is 3.64. The summed E-state index contributed by atoms with van der Waals surface area (Å²) in [6.45, 7) is 2.44. The lowest BCUT2D eigenvalue weighted by atomic mass is 10.1. The van der Waals surface area contributed by atoms with Gasteiger partial charge in [-0.2, -0.15) is 0 Å². The van der Waals surface area contributed by atoms with Gasteiger partial charge in [0.15, 0.2) is 5.16 Å². The molecule has 4 nitrogen and oxygen atoms in total. The Morgan fingerprint density at radius 2 is 1.81 bits per heavy atom. The number of benzene rings is 2. The molecular formula is C20H18ClN3OS. The largest absolute Gasteiger partial charge is 0.351 e. The second kappa shape index (κ2) is 8.83. The van der Waals surface area contributed by atoms with Crippen LogP contribution in [0, 0.1) is 6.92 Å². The molecule has 0 fully saturated rings. The van der Waals surface area contributed by atoms with E-state index in [0.29, 0.717) is 16.7 Å². The number of hydrogen-bond acceptors (Lipinski definition) is 4. The zero-order chi connectivity index (χ0) is 18.4. The monoisotopic (exact) mass is 383 g/mol. The predicted molar refractivity (Wildman–Crippen MR) is 106 cm³/mol. The number of aromatic nitrogens is 2. The van der Waals surface area contributed by atoms with Crippen LogP contribution in [0.1, 0.15) is 11.3 Å². The third kappa shape index (κ3) is 5.31. The topological polar surface area (TPSA) is 54.9 Å². The number of aryl methyl sites for hydroxylation is 1. The molecule has 0 aliphatic heterocycles. The quantitative estimate of drug-likeness (QED) is 0.502. The number of hydrogen-bond donors (Lipinski definition) is 1. The molecule has 132 valence electrons. The van der Waals surface area contributed by atoms with Gasteiger partial charge in [0, 0.05) is 22.8 Å². The third-order valence-corrected chi connectivity index (χ3v) is 4.74. The van der Waals surface area contributed by atoms with E-state index in [0.717, 1.165) is 22.5 Å². The van der Waals surface area contributed by atoms with Crippen LogP contribution >= 0.6 is 23.4 Å². The number of carbonyl (C=O) groups excluding carboxylic acids is 1. The number of thioether (sulfide) groups is 1. The molecule has 1 amide bonds. The van der Waals surface area contributed by atoms with E-state index in [9.17, 15) is 4.79 Å². The number of amides is 1. The lowest BCUT2D eigenvalue weighted by molar-refractivity contribution is -0.118. The van der Waals surface area contributed by atoms with E-state index in [1.165, 1.54) is 11.8 Å². The van der Waals surface area contributed by atoms with Crippen molar-refractivity contribution in [2.75, 3.05) is 5.75 Å². The van der Waals surface area contributed by atoms with E-state index in [2.05, 4.69) is 15.3 Å². The number of nitrogens with zero attached hydrogens (tertiary/aromatic N) is 2. The van der Waals surface area contributed by atoms with Crippen molar-refractivity contribution in [2.45, 2.75) is 18.6 Å². The number of carbonyl (C=O) groups is 1. The maximum atomic E-state index is 12.1. The Bertz CT molecular complexity index is 885. The molecule has 0 atom stereocenters. The maximum Gasteiger partial charge on any atom is 0.230 e. The molecular weight excluding hydrogens is 366 g/mol. The lowest BCUT2D eigenvalue weighted by Gasteiger charge is -2.07. The van der Waals surface area contributed by atoms with Crippen LogP contribution in [-0.4, -0.2) is 21.6 Å². The van der Waals surface area contributed by atoms with Gasteiger partial charge in [-0.05, 0) is 30.7 Å². The van der Waals surface area contributed by atoms with Gasteiger partial charge in [-0.25, -0.2) is 9.97 Å². The molecule has 0 radical (unpaired) electrons. The highest BCUT2D eigenvalue weighted by Gasteiger charge is 2.08. The summed E-state index contributed by atoms with van der Waals surface area (Å²) in [7, 11) is 0. The highest BCUT2D eigenvalue weighted by molar-refractivity contribution is 7.99. The minimum atomic E-state index is -0.0444. The fourth-order valence-corrected chi connectivity index (χ4v) is 3.21. The Balaban J connectivity index is 1.61. The van der Waals surface area contributed by atoms with Crippen molar-refractivity contribution >= 4 is 29.3 Å². The van der Waals surface area contributed by atoms with Crippen LogP contribution in [0.15, 0.2) is 65.8 Å². The molecule has 2 aromatic carbocycles. The van der Waals surface area contributed by atoms with E-state index in [-0.39, 0.29) is 11.7 Å². The average Bonchev–Trinajstić information content (AvgIpc) is 2.66. The molecule has 3 aromatic rings. The van der Waals surface area contributed by atoms with Crippen molar-refractivity contribution in [2.24, 2.45) is 0 Å². The van der Waals surface area contributed by atoms with Gasteiger partial charge < -0.3 is 5.32 Å². The molecule has 3 rings (SSSR count). The molecule has 1 heterocycles. The molecule has 0 unspecified atom stereocenters. The summed E-state index contributed by atoms with van der Waals surface area (Å²) in [5, 5.41) is 4.18. The number of nitrogens with one attached hydrogen (secondary N) is 1. The van der Waals surface area contributed by atoms with Gasteiger partial charge in [0.25, 0.3) is 0 Å². The summed E-state index contributed by atoms with van der Waals surface area (Å²) in [6, 6.07) is 19.2. The van der Waals surface area contributed by atoms with Gasteiger partial charge in [-0.1, -0.05) is 65.8 Å². The molecule has 0 bridgehead atoms. The predicted octanol–water partition coefficient (Wildman–Crippen LogP) is 4.51. The van der Waals surface area contributed by atoms with Crippen LogP contribution in [0.4, 0.5) is 0 Å². The lowest BCUT2D eigenvalue weighted by Crippen LogP contribution is -2.24. The van der Waals surface area contributed by atoms with Crippen LogP contribution in [0.5, 0.6) is 0 Å². The summed E-state index contributed by atoms with van der Waals surface area (Å²) < 4.78 is 0. The fourth-order valence-electron chi connectivity index (χ4n) is 2.35. The number of halogens is 1. The maximum absolute atomic E-state index is 12.1. The van der Waals surface area contributed by atoms with Crippen molar-refractivity contribution in [1.82, 2.24) is 15.3 Å². The van der Waals surface area contributed by atoms with Gasteiger partial charge in [-0.15, -0.1) is 0 Å². The normalized spacial score (nSPS) is 10.5. The summed E-state index contributed by atoms with van der Waals surface area (Å²) in [4.78, 5) is 21.0. The first-order valence-corrected chi connectivity index (χ1v) is 9.51. The fraction of sp³-hybridized carbons (Fsp3) is 0.150. The van der Waals surface area contributed by atoms with E-state index >= 15 is 0 Å². The van der Waals surface area contributed by atoms with E-state index in [1.54, 1.807) is 0 Å². The Hall–Kier alpha value is -2.37. The van der Waals surface area contributed by atoms with Crippen LogP contribution in [-0.2, 0) is 11.3 Å². The molecule has 6 heteroatoms. The van der Waals surface area contributed by atoms with E-state index in [1.807, 2.05) is 67.6 Å². The Kier molecular flexibility index (Phi) is 6.26. The van der Waals surface area contributed by atoms with Crippen LogP contribution < -0.4 is 5.32 Å². The number of rotatable bonds is 6. The standard InChI is InChI=1S/C20H18ClN3OS/c1-14-11-18(16-7-9-17(21)10-8-16)24-20(23-14)26-13-19(25)22-12-15-5-3-2-4-6-15/h2-11H,12-13H2,1H3,(H,22,25). The first-order valence-electron chi connectivity index (χ1n) is 8.15. The molecule has 0 spiro atoms. The summed E-state index contributed by atoms with van der Waals surface area (Å²) in [5.74, 6) is 0.230. The van der Waals surface area contributed by atoms with Gasteiger partial charge in [0.05, 0.1) is 11.4 Å². The van der Waals surface area contributed by atoms with Crippen molar-refractivity contribution < 1.29 is 4.79 Å².